The van der Waals surface area contributed by atoms with E-state index in [4.69, 9.17) is 14.2 Å². The summed E-state index contributed by atoms with van der Waals surface area (Å²) in [6, 6.07) is 37.3. The number of carbonyl (C=O) groups excluding carboxylic acids is 14. The monoisotopic (exact) mass is 1580 g/mol. The number of ether oxygens (including phenoxy) is 3. The lowest BCUT2D eigenvalue weighted by molar-refractivity contribution is -0.133. The zero-order valence-electron chi connectivity index (χ0n) is 65.6. The Labute approximate surface area is 667 Å². The van der Waals surface area contributed by atoms with Crippen molar-refractivity contribution in [1.29, 1.82) is 0 Å². The third kappa shape index (κ3) is 28.9. The topological polar surface area (TPSA) is 421 Å². The largest absolute Gasteiger partial charge is 0.487 e. The number of para-hydroxylation sites is 2. The number of Topliss-reactive ketones (excluding diaryl/α,β-unsaturated/α-hetero) is 2. The van der Waals surface area contributed by atoms with E-state index < -0.39 is 102 Å². The number of rotatable bonds is 21. The number of nitrogens with zero attached hydrogens (tertiary/aromatic N) is 3. The predicted octanol–water partition coefficient (Wildman–Crippen LogP) is 2.91. The van der Waals surface area contributed by atoms with Gasteiger partial charge < -0.3 is 82.9 Å². The van der Waals surface area contributed by atoms with Crippen molar-refractivity contribution in [3.8, 4) is 11.5 Å². The lowest BCUT2D eigenvalue weighted by atomic mass is 10.0. The fourth-order valence-electron chi connectivity index (χ4n) is 12.3. The van der Waals surface area contributed by atoms with Gasteiger partial charge in [-0.3, -0.25) is 72.1 Å². The highest BCUT2D eigenvalue weighted by Crippen LogP contribution is 2.28. The fourth-order valence-corrected chi connectivity index (χ4v) is 12.3. The second kappa shape index (κ2) is 45.3. The first-order valence-corrected chi connectivity index (χ1v) is 38.3. The number of benzene rings is 6. The average molecular weight is 1580 g/mol. The van der Waals surface area contributed by atoms with E-state index in [0.29, 0.717) is 48.4 Å². The van der Waals surface area contributed by atoms with Gasteiger partial charge in [-0.2, -0.15) is 0 Å². The summed E-state index contributed by atoms with van der Waals surface area (Å²) >= 11 is 0. The molecule has 612 valence electrons. The summed E-state index contributed by atoms with van der Waals surface area (Å²) < 4.78 is 17.8. The summed E-state index contributed by atoms with van der Waals surface area (Å²) in [5.74, 6) is -6.89. The van der Waals surface area contributed by atoms with Crippen LogP contribution < -0.4 is 73.3 Å². The number of ketones is 2. The Kier molecular flexibility index (Phi) is 34.7. The molecule has 0 atom stereocenters. The van der Waals surface area contributed by atoms with Crippen molar-refractivity contribution in [2.75, 3.05) is 137 Å². The Bertz CT molecular complexity index is 4440. The van der Waals surface area contributed by atoms with Gasteiger partial charge >= 0.3 is 6.09 Å². The molecular weight excluding hydrogens is 1480 g/mol. The highest BCUT2D eigenvalue weighted by atomic mass is 16.6. The van der Waals surface area contributed by atoms with Gasteiger partial charge in [-0.25, -0.2) is 4.79 Å². The molecule has 0 radical (unpaired) electrons. The van der Waals surface area contributed by atoms with Gasteiger partial charge in [0, 0.05) is 166 Å². The molecule has 0 spiro atoms. The van der Waals surface area contributed by atoms with Crippen molar-refractivity contribution in [3.05, 3.63) is 200 Å². The molecule has 32 nitrogen and oxygen atoms in total. The van der Waals surface area contributed by atoms with Gasteiger partial charge in [0.15, 0.2) is 11.6 Å². The number of fused-ring (bicyclic) bond motifs is 8. The molecule has 0 fully saturated rings. The van der Waals surface area contributed by atoms with Crippen LogP contribution in [0.5, 0.6) is 11.5 Å². The highest BCUT2D eigenvalue weighted by molar-refractivity contribution is 6.06. The molecule has 0 saturated carbocycles. The Hall–Kier alpha value is -12.4. The normalized spacial score (nSPS) is 15.4. The molecular formula is C83H103N15O17. The van der Waals surface area contributed by atoms with Gasteiger partial charge in [-0.1, -0.05) is 84.9 Å². The minimum Gasteiger partial charge on any atom is -0.487 e. The predicted molar refractivity (Wildman–Crippen MR) is 427 cm³/mol. The second-order valence-corrected chi connectivity index (χ2v) is 28.2. The van der Waals surface area contributed by atoms with E-state index in [1.807, 2.05) is 70.5 Å². The minimum atomic E-state index is -0.817. The van der Waals surface area contributed by atoms with Crippen LogP contribution in [-0.2, 0) is 41.9 Å². The molecule has 2 aliphatic heterocycles. The molecule has 6 aromatic rings. The zero-order chi connectivity index (χ0) is 82.7. The van der Waals surface area contributed by atoms with Crippen molar-refractivity contribution in [2.24, 2.45) is 0 Å². The maximum absolute atomic E-state index is 14.6. The standard InChI is InChI=1S/C83H103N15O17/c1-55-61-20-12-21-62(55)75(105)87-36-42-96(44-38-89-79(109)66-25-14-24-65(72(66)113-53-57-16-8-6-9-17-57)78(108)86-35-33-84-32-34-85-74(61)104)48-49-97-43-37-88-76(106)63-22-13-23-64(56(63)2)77(107)91-40-46-98(47-41-92-81(111)68-27-15-26-67(80(110)90-39-45-97)73(68)114-54-58-18-10-7-11-19-58)71(103)31-29-60(100)50-93-69(101)30-28-59(99)51-94-70(102)52-95-82(112)115-83(3,4)5/h6-27,84H,28-54H2,1-5H3,(H,85,104)(H,86,108)(H,87,105)(H,88,106)(H,89,109)(H,90,110)(H,91,107)(H,92,111)(H,93,101)(H,94,102)(H,95,112). The molecule has 32 heteroatoms. The summed E-state index contributed by atoms with van der Waals surface area (Å²) in [6.45, 7) is 9.43. The maximum atomic E-state index is 14.6. The highest BCUT2D eigenvalue weighted by Gasteiger charge is 2.27. The number of hydrogen-bond donors (Lipinski definition) is 12. The van der Waals surface area contributed by atoms with Crippen molar-refractivity contribution in [1.82, 2.24) is 78.5 Å². The Balaban J connectivity index is 0.980. The molecule has 8 rings (SSSR count). The Morgan fingerprint density at radius 3 is 1.04 bits per heavy atom. The van der Waals surface area contributed by atoms with Gasteiger partial charge in [0.1, 0.15) is 36.9 Å². The van der Waals surface area contributed by atoms with Crippen molar-refractivity contribution in [3.63, 3.8) is 0 Å². The van der Waals surface area contributed by atoms with Crippen LogP contribution in [0.25, 0.3) is 0 Å². The smallest absolute Gasteiger partial charge is 0.408 e. The van der Waals surface area contributed by atoms with E-state index in [1.165, 1.54) is 23.1 Å². The molecule has 6 aromatic carbocycles. The van der Waals surface area contributed by atoms with Gasteiger partial charge in [-0.05, 0) is 105 Å². The first-order valence-electron chi connectivity index (χ1n) is 38.3. The van der Waals surface area contributed by atoms with E-state index in [1.54, 1.807) is 89.2 Å². The first kappa shape index (κ1) is 88.1. The summed E-state index contributed by atoms with van der Waals surface area (Å²) in [5, 5.41) is 33.7. The van der Waals surface area contributed by atoms with Gasteiger partial charge in [0.25, 0.3) is 47.3 Å². The summed E-state index contributed by atoms with van der Waals surface area (Å²) in [6.07, 6.45) is -2.05. The summed E-state index contributed by atoms with van der Waals surface area (Å²) in [7, 11) is 0. The van der Waals surface area contributed by atoms with Crippen LogP contribution in [0.15, 0.2) is 133 Å². The lowest BCUT2D eigenvalue weighted by Crippen LogP contribution is -2.46. The van der Waals surface area contributed by atoms with Crippen LogP contribution in [0.1, 0.15) is 152 Å². The molecule has 0 unspecified atom stereocenters. The van der Waals surface area contributed by atoms with E-state index in [-0.39, 0.29) is 181 Å². The van der Waals surface area contributed by atoms with Gasteiger partial charge in [0.05, 0.1) is 35.3 Å². The van der Waals surface area contributed by atoms with Crippen LogP contribution in [0.4, 0.5) is 4.79 Å². The van der Waals surface area contributed by atoms with Crippen LogP contribution in [0.2, 0.25) is 0 Å². The molecule has 2 aliphatic rings. The van der Waals surface area contributed by atoms with E-state index in [9.17, 15) is 67.1 Å². The number of alkyl carbamates (subject to hydrolysis) is 1. The quantitative estimate of drug-likeness (QED) is 0.0493. The molecule has 0 aromatic heterocycles. The van der Waals surface area contributed by atoms with Crippen molar-refractivity contribution in [2.45, 2.75) is 79.1 Å². The number of amides is 12. The second-order valence-electron chi connectivity index (χ2n) is 28.2. The van der Waals surface area contributed by atoms with E-state index >= 15 is 0 Å². The first-order chi connectivity index (χ1) is 55.3. The van der Waals surface area contributed by atoms with Crippen LogP contribution in [0, 0.1) is 13.8 Å². The maximum Gasteiger partial charge on any atom is 0.408 e. The molecule has 2 heterocycles. The molecule has 12 amide bonds. The fraction of sp³-hybridized carbons (Fsp3) is 0.398. The minimum absolute atomic E-state index is 0.0117. The number of nitrogens with one attached hydrogen (secondary N) is 12. The number of hydrogen-bond acceptors (Lipinski definition) is 20. The summed E-state index contributed by atoms with van der Waals surface area (Å²) in [5.41, 5.74) is 2.83. The molecule has 0 aliphatic carbocycles. The third-order valence-electron chi connectivity index (χ3n) is 18.6. The van der Waals surface area contributed by atoms with Gasteiger partial charge in [0.2, 0.25) is 17.7 Å². The van der Waals surface area contributed by atoms with Crippen LogP contribution in [-0.4, -0.2) is 240 Å². The Morgan fingerprint density at radius 2 is 0.678 bits per heavy atom. The van der Waals surface area contributed by atoms with Crippen molar-refractivity contribution >= 4 is 82.6 Å². The van der Waals surface area contributed by atoms with E-state index in [2.05, 4.69) is 63.8 Å². The zero-order valence-corrected chi connectivity index (χ0v) is 65.6. The molecule has 8 bridgehead atoms. The Morgan fingerprint density at radius 1 is 0.357 bits per heavy atom. The van der Waals surface area contributed by atoms with Gasteiger partial charge in [-0.15, -0.1) is 0 Å². The van der Waals surface area contributed by atoms with Crippen molar-refractivity contribution < 1.29 is 81.3 Å². The molecule has 0 saturated heterocycles. The van der Waals surface area contributed by atoms with Crippen LogP contribution >= 0.6 is 0 Å². The van der Waals surface area contributed by atoms with Crippen LogP contribution in [0.3, 0.4) is 0 Å². The summed E-state index contributed by atoms with van der Waals surface area (Å²) in [4.78, 5) is 195. The molecule has 115 heavy (non-hydrogen) atoms. The lowest BCUT2D eigenvalue weighted by Gasteiger charge is -2.28. The third-order valence-corrected chi connectivity index (χ3v) is 18.6. The molecule has 12 N–H and O–H groups in total. The SMILES string of the molecule is Cc1c2cccc1C(=O)NCCN(CCN1CCNC(=O)c3cccc(c3C)C(=O)NCCN(C(=O)CCC(=O)CNC(=O)CCC(=O)CNC(=O)CNC(=O)OC(C)(C)C)CCNC(=O)c3cccc(c3OCc3ccccc3)C(=O)NCC1)CCNC(=O)c1cccc(c1OCc1ccccc1)C(=O)NCCNCCNC2=O. The average Bonchev–Trinajstić information content (AvgIpc) is 0.816. The van der Waals surface area contributed by atoms with E-state index in [0.717, 1.165) is 11.1 Å². The number of carbonyl (C=O) groups is 14.